The number of anilines is 1. The van der Waals surface area contributed by atoms with Gasteiger partial charge in [0.15, 0.2) is 0 Å². The van der Waals surface area contributed by atoms with Gasteiger partial charge < -0.3 is 10.2 Å². The number of nitrogens with zero attached hydrogens (tertiary/aromatic N) is 3. The van der Waals surface area contributed by atoms with Crippen LogP contribution < -0.4 is 10.2 Å². The Kier molecular flexibility index (Phi) is 6.71. The van der Waals surface area contributed by atoms with E-state index in [4.69, 9.17) is 0 Å². The number of hydrogen-bond acceptors (Lipinski definition) is 5. The lowest BCUT2D eigenvalue weighted by atomic mass is 10.1. The van der Waals surface area contributed by atoms with Crippen molar-refractivity contribution >= 4 is 22.6 Å². The van der Waals surface area contributed by atoms with Crippen LogP contribution in [0.1, 0.15) is 28.1 Å². The second-order valence-corrected chi connectivity index (χ2v) is 7.72. The van der Waals surface area contributed by atoms with Crippen molar-refractivity contribution in [3.8, 4) is 0 Å². The number of carbonyl (C=O) groups excluding carboxylic acids is 1. The Balaban J connectivity index is 1.52. The van der Waals surface area contributed by atoms with E-state index in [2.05, 4.69) is 14.7 Å². The smallest absolute Gasteiger partial charge is 0.350 e. The van der Waals surface area contributed by atoms with Gasteiger partial charge in [0, 0.05) is 31.5 Å². The van der Waals surface area contributed by atoms with Crippen LogP contribution in [-0.2, 0) is 23.9 Å². The van der Waals surface area contributed by atoms with E-state index >= 15 is 0 Å². The Morgan fingerprint density at radius 2 is 1.87 bits per heavy atom. The van der Waals surface area contributed by atoms with Gasteiger partial charge in [0.1, 0.15) is 5.82 Å². The first-order chi connectivity index (χ1) is 14.2. The third-order valence-corrected chi connectivity index (χ3v) is 5.26. The minimum absolute atomic E-state index is 0.0192. The Bertz CT molecular complexity index is 1000. The summed E-state index contributed by atoms with van der Waals surface area (Å²) in [5, 5.41) is 3.24. The molecule has 158 valence electrons. The van der Waals surface area contributed by atoms with Gasteiger partial charge in [0.25, 0.3) is 0 Å². The van der Waals surface area contributed by atoms with E-state index < -0.39 is 11.7 Å². The normalized spacial score (nSPS) is 11.4. The predicted octanol–water partition coefficient (Wildman–Crippen LogP) is 4.21. The summed E-state index contributed by atoms with van der Waals surface area (Å²) >= 11 is 1.20. The van der Waals surface area contributed by atoms with Crippen molar-refractivity contribution in [2.24, 2.45) is 0 Å². The zero-order chi connectivity index (χ0) is 21.7. The van der Waals surface area contributed by atoms with E-state index in [0.29, 0.717) is 22.9 Å². The largest absolute Gasteiger partial charge is 0.416 e. The van der Waals surface area contributed by atoms with Gasteiger partial charge >= 0.3 is 6.18 Å². The number of hydrogen-bond donors (Lipinski definition) is 1. The van der Waals surface area contributed by atoms with Crippen LogP contribution >= 0.6 is 11.5 Å². The molecule has 0 atom stereocenters. The first kappa shape index (κ1) is 21.8. The van der Waals surface area contributed by atoms with Gasteiger partial charge in [-0.3, -0.25) is 4.79 Å². The first-order valence-corrected chi connectivity index (χ1v) is 10.00. The highest BCUT2D eigenvalue weighted by Gasteiger charge is 2.30. The molecule has 9 heteroatoms. The SMILES string of the molecule is Cc1ccc(Cc2nsc(N(C)CC(=O)NCc3cccc(C(F)(F)F)c3)n2)cc1. The van der Waals surface area contributed by atoms with Crippen LogP contribution in [-0.4, -0.2) is 28.9 Å². The number of benzene rings is 2. The summed E-state index contributed by atoms with van der Waals surface area (Å²) in [6, 6.07) is 13.0. The summed E-state index contributed by atoms with van der Waals surface area (Å²) in [4.78, 5) is 18.3. The van der Waals surface area contributed by atoms with Gasteiger partial charge in [-0.05, 0) is 30.2 Å². The van der Waals surface area contributed by atoms with E-state index in [-0.39, 0.29) is 19.0 Å². The van der Waals surface area contributed by atoms with Crippen molar-refractivity contribution < 1.29 is 18.0 Å². The molecule has 3 aromatic rings. The average Bonchev–Trinajstić information content (AvgIpc) is 3.16. The highest BCUT2D eigenvalue weighted by molar-refractivity contribution is 7.09. The maximum atomic E-state index is 12.8. The molecule has 0 aliphatic heterocycles. The van der Waals surface area contributed by atoms with Crippen molar-refractivity contribution in [2.45, 2.75) is 26.1 Å². The molecule has 0 aliphatic rings. The molecule has 0 aliphatic carbocycles. The maximum absolute atomic E-state index is 12.8. The molecule has 1 heterocycles. The lowest BCUT2D eigenvalue weighted by Gasteiger charge is -2.15. The fourth-order valence-electron chi connectivity index (χ4n) is 2.76. The van der Waals surface area contributed by atoms with E-state index in [9.17, 15) is 18.0 Å². The number of aryl methyl sites for hydroxylation is 1. The van der Waals surface area contributed by atoms with Crippen LogP contribution in [0.25, 0.3) is 0 Å². The van der Waals surface area contributed by atoms with E-state index in [1.165, 1.54) is 23.2 Å². The summed E-state index contributed by atoms with van der Waals surface area (Å²) in [5.41, 5.74) is 1.94. The third-order valence-electron chi connectivity index (χ3n) is 4.39. The Hall–Kier alpha value is -2.94. The van der Waals surface area contributed by atoms with E-state index in [1.807, 2.05) is 31.2 Å². The minimum atomic E-state index is -4.41. The zero-order valence-electron chi connectivity index (χ0n) is 16.5. The summed E-state index contributed by atoms with van der Waals surface area (Å²) in [5.74, 6) is 0.361. The molecule has 1 amide bonds. The number of rotatable bonds is 7. The summed E-state index contributed by atoms with van der Waals surface area (Å²) in [6.45, 7) is 2.07. The lowest BCUT2D eigenvalue weighted by molar-refractivity contribution is -0.137. The molecule has 2 aromatic carbocycles. The summed E-state index contributed by atoms with van der Waals surface area (Å²) in [7, 11) is 1.72. The molecule has 1 aromatic heterocycles. The molecule has 0 unspecified atom stereocenters. The van der Waals surface area contributed by atoms with Crippen LogP contribution in [0.5, 0.6) is 0 Å². The Morgan fingerprint density at radius 1 is 1.13 bits per heavy atom. The van der Waals surface area contributed by atoms with Crippen molar-refractivity contribution in [3.05, 3.63) is 76.6 Å². The standard InChI is InChI=1S/C21H21F3N4OS/c1-14-6-8-15(9-7-14)11-18-26-20(30-27-18)28(2)13-19(29)25-12-16-4-3-5-17(10-16)21(22,23)24/h3-10H,11-13H2,1-2H3,(H,25,29). The maximum Gasteiger partial charge on any atom is 0.416 e. The molecule has 0 bridgehead atoms. The predicted molar refractivity (Wildman–Crippen MR) is 110 cm³/mol. The van der Waals surface area contributed by atoms with Gasteiger partial charge in [-0.25, -0.2) is 4.98 Å². The zero-order valence-corrected chi connectivity index (χ0v) is 17.3. The van der Waals surface area contributed by atoms with Gasteiger partial charge in [-0.1, -0.05) is 42.0 Å². The number of nitrogens with one attached hydrogen (secondary N) is 1. The summed E-state index contributed by atoms with van der Waals surface area (Å²) < 4.78 is 42.7. The van der Waals surface area contributed by atoms with E-state index in [0.717, 1.165) is 17.7 Å². The molecule has 1 N–H and O–H groups in total. The summed E-state index contributed by atoms with van der Waals surface area (Å²) in [6.07, 6.45) is -3.80. The molecule has 0 fully saturated rings. The van der Waals surface area contributed by atoms with Crippen LogP contribution in [0.3, 0.4) is 0 Å². The third kappa shape index (κ3) is 6.03. The molecule has 0 radical (unpaired) electrons. The molecule has 0 saturated heterocycles. The second-order valence-electron chi connectivity index (χ2n) is 6.99. The van der Waals surface area contributed by atoms with Gasteiger partial charge in [0.05, 0.1) is 12.1 Å². The topological polar surface area (TPSA) is 58.1 Å². The molecule has 3 rings (SSSR count). The van der Waals surface area contributed by atoms with Gasteiger partial charge in [-0.15, -0.1) is 0 Å². The highest BCUT2D eigenvalue weighted by atomic mass is 32.1. The van der Waals surface area contributed by atoms with Gasteiger partial charge in [-0.2, -0.15) is 17.5 Å². The number of alkyl halides is 3. The molecule has 5 nitrogen and oxygen atoms in total. The van der Waals surface area contributed by atoms with Crippen molar-refractivity contribution in [2.75, 3.05) is 18.5 Å². The van der Waals surface area contributed by atoms with Crippen LogP contribution in [0.15, 0.2) is 48.5 Å². The number of aromatic nitrogens is 2. The van der Waals surface area contributed by atoms with Crippen LogP contribution in [0.2, 0.25) is 0 Å². The highest BCUT2D eigenvalue weighted by Crippen LogP contribution is 2.29. The average molecular weight is 434 g/mol. The molecule has 30 heavy (non-hydrogen) atoms. The number of amides is 1. The monoisotopic (exact) mass is 434 g/mol. The second kappa shape index (κ2) is 9.25. The Labute approximate surface area is 176 Å². The number of carbonyl (C=O) groups is 1. The van der Waals surface area contributed by atoms with E-state index in [1.54, 1.807) is 18.0 Å². The quantitative estimate of drug-likeness (QED) is 0.605. The fraction of sp³-hybridized carbons (Fsp3) is 0.286. The number of likely N-dealkylation sites (N-methyl/N-ethyl adjacent to an activating group) is 1. The van der Waals surface area contributed by atoms with Gasteiger partial charge in [0.2, 0.25) is 11.0 Å². The molecular formula is C21H21F3N4OS. The number of halogens is 3. The molecule has 0 spiro atoms. The minimum Gasteiger partial charge on any atom is -0.350 e. The lowest BCUT2D eigenvalue weighted by Crippen LogP contribution is -2.34. The Morgan fingerprint density at radius 3 is 2.57 bits per heavy atom. The molecule has 0 saturated carbocycles. The first-order valence-electron chi connectivity index (χ1n) is 9.23. The van der Waals surface area contributed by atoms with Crippen LogP contribution in [0, 0.1) is 6.92 Å². The van der Waals surface area contributed by atoms with Crippen LogP contribution in [0.4, 0.5) is 18.3 Å². The fourth-order valence-corrected chi connectivity index (χ4v) is 3.40. The molecular weight excluding hydrogens is 413 g/mol. The van der Waals surface area contributed by atoms with Crippen molar-refractivity contribution in [1.29, 1.82) is 0 Å². The van der Waals surface area contributed by atoms with Crippen molar-refractivity contribution in [3.63, 3.8) is 0 Å². The van der Waals surface area contributed by atoms with Crippen molar-refractivity contribution in [1.82, 2.24) is 14.7 Å².